The molecule has 1 saturated heterocycles. The zero-order chi connectivity index (χ0) is 16.0. The highest BCUT2D eigenvalue weighted by molar-refractivity contribution is 9.10. The van der Waals surface area contributed by atoms with Gasteiger partial charge in [-0.25, -0.2) is 9.50 Å². The number of carbonyl (C=O) groups excluding carboxylic acids is 2. The lowest BCUT2D eigenvalue weighted by Gasteiger charge is -2.15. The monoisotopic (exact) mass is 377 g/mol. The number of likely N-dealkylation sites (tertiary alicyclic amines) is 1. The van der Waals surface area contributed by atoms with Crippen molar-refractivity contribution in [3.05, 3.63) is 28.6 Å². The second-order valence-electron chi connectivity index (χ2n) is 6.16. The Morgan fingerprint density at radius 2 is 2.26 bits per heavy atom. The van der Waals surface area contributed by atoms with Crippen molar-refractivity contribution in [1.29, 1.82) is 0 Å². The molecule has 1 aliphatic heterocycles. The molecule has 0 bridgehead atoms. The van der Waals surface area contributed by atoms with Crippen LogP contribution in [0, 0.1) is 5.92 Å². The maximum atomic E-state index is 12.2. The maximum Gasteiger partial charge on any atom is 0.271 e. The summed E-state index contributed by atoms with van der Waals surface area (Å²) in [4.78, 5) is 30.3. The van der Waals surface area contributed by atoms with E-state index in [1.807, 2.05) is 4.90 Å². The topological polar surface area (TPSA) is 79.6 Å². The van der Waals surface area contributed by atoms with Crippen LogP contribution >= 0.6 is 15.9 Å². The first kappa shape index (κ1) is 14.6. The molecule has 0 radical (unpaired) electrons. The largest absolute Gasteiger partial charge is 0.350 e. The summed E-state index contributed by atoms with van der Waals surface area (Å²) in [5.41, 5.74) is 0.952. The standard InChI is InChI=1S/C15H16BrN5O2/c16-10-6-17-13-4-12(19-21(13)8-10)15(23)18-5-9-3-14(22)20(7-9)11-1-2-11/h4,6,8-9,11H,1-3,5,7H2,(H,18,23). The molecule has 7 nitrogen and oxygen atoms in total. The molecule has 1 unspecified atom stereocenters. The maximum absolute atomic E-state index is 12.2. The molecule has 2 aromatic rings. The van der Waals surface area contributed by atoms with Gasteiger partial charge >= 0.3 is 0 Å². The van der Waals surface area contributed by atoms with Gasteiger partial charge in [-0.05, 0) is 28.8 Å². The number of halogens is 1. The highest BCUT2D eigenvalue weighted by Gasteiger charge is 2.39. The number of fused-ring (bicyclic) bond motifs is 1. The summed E-state index contributed by atoms with van der Waals surface area (Å²) >= 11 is 3.32. The van der Waals surface area contributed by atoms with E-state index in [1.54, 1.807) is 23.0 Å². The van der Waals surface area contributed by atoms with Crippen molar-refractivity contribution >= 4 is 33.4 Å². The van der Waals surface area contributed by atoms with Crippen LogP contribution in [0.3, 0.4) is 0 Å². The van der Waals surface area contributed by atoms with Crippen LogP contribution in [0.2, 0.25) is 0 Å². The number of hydrogen-bond acceptors (Lipinski definition) is 4. The molecule has 2 aromatic heterocycles. The molecule has 120 valence electrons. The van der Waals surface area contributed by atoms with Gasteiger partial charge in [-0.3, -0.25) is 9.59 Å². The van der Waals surface area contributed by atoms with E-state index in [0.29, 0.717) is 30.3 Å². The molecule has 8 heteroatoms. The van der Waals surface area contributed by atoms with Gasteiger partial charge in [0.15, 0.2) is 11.3 Å². The number of hydrogen-bond donors (Lipinski definition) is 1. The molecule has 2 fully saturated rings. The van der Waals surface area contributed by atoms with Crippen LogP contribution in [0.5, 0.6) is 0 Å². The number of rotatable bonds is 4. The molecular weight excluding hydrogens is 362 g/mol. The first-order valence-corrected chi connectivity index (χ1v) is 8.48. The normalized spacial score (nSPS) is 21.2. The molecule has 1 saturated carbocycles. The fourth-order valence-corrected chi connectivity index (χ4v) is 3.27. The van der Waals surface area contributed by atoms with E-state index in [1.165, 1.54) is 0 Å². The van der Waals surface area contributed by atoms with E-state index in [4.69, 9.17) is 0 Å². The lowest BCUT2D eigenvalue weighted by atomic mass is 10.1. The van der Waals surface area contributed by atoms with Gasteiger partial charge < -0.3 is 10.2 Å². The van der Waals surface area contributed by atoms with Crippen LogP contribution in [0.1, 0.15) is 29.8 Å². The Morgan fingerprint density at radius 3 is 3.04 bits per heavy atom. The van der Waals surface area contributed by atoms with Crippen LogP contribution in [-0.2, 0) is 4.79 Å². The van der Waals surface area contributed by atoms with Crippen molar-refractivity contribution in [2.45, 2.75) is 25.3 Å². The molecular formula is C15H16BrN5O2. The summed E-state index contributed by atoms with van der Waals surface area (Å²) in [6, 6.07) is 2.10. The molecule has 2 aliphatic rings. The van der Waals surface area contributed by atoms with Crippen LogP contribution in [0.4, 0.5) is 0 Å². The summed E-state index contributed by atoms with van der Waals surface area (Å²) in [5.74, 6) is 0.175. The average Bonchev–Trinajstić information content (AvgIpc) is 3.17. The first-order chi connectivity index (χ1) is 11.1. The number of nitrogens with zero attached hydrogens (tertiary/aromatic N) is 4. The van der Waals surface area contributed by atoms with E-state index < -0.39 is 0 Å². The Hall–Kier alpha value is -1.96. The summed E-state index contributed by atoms with van der Waals surface area (Å²) in [6.45, 7) is 1.25. The van der Waals surface area contributed by atoms with Gasteiger partial charge in [-0.15, -0.1) is 0 Å². The highest BCUT2D eigenvalue weighted by atomic mass is 79.9. The van der Waals surface area contributed by atoms with Crippen molar-refractivity contribution in [3.63, 3.8) is 0 Å². The fourth-order valence-electron chi connectivity index (χ4n) is 2.98. The number of aromatic nitrogens is 3. The third-order valence-electron chi connectivity index (χ3n) is 4.29. The first-order valence-electron chi connectivity index (χ1n) is 7.69. The Morgan fingerprint density at radius 1 is 1.43 bits per heavy atom. The highest BCUT2D eigenvalue weighted by Crippen LogP contribution is 2.32. The van der Waals surface area contributed by atoms with Crippen LogP contribution in [0.15, 0.2) is 22.9 Å². The van der Waals surface area contributed by atoms with E-state index in [2.05, 4.69) is 31.3 Å². The minimum absolute atomic E-state index is 0.191. The molecule has 1 N–H and O–H groups in total. The zero-order valence-electron chi connectivity index (χ0n) is 12.4. The average molecular weight is 378 g/mol. The lowest BCUT2D eigenvalue weighted by molar-refractivity contribution is -0.128. The minimum atomic E-state index is -0.232. The quantitative estimate of drug-likeness (QED) is 0.868. The van der Waals surface area contributed by atoms with E-state index >= 15 is 0 Å². The summed E-state index contributed by atoms with van der Waals surface area (Å²) in [7, 11) is 0. The smallest absolute Gasteiger partial charge is 0.271 e. The van der Waals surface area contributed by atoms with Crippen molar-refractivity contribution in [2.75, 3.05) is 13.1 Å². The summed E-state index contributed by atoms with van der Waals surface area (Å²) in [6.07, 6.45) is 6.18. The lowest BCUT2D eigenvalue weighted by Crippen LogP contribution is -2.32. The van der Waals surface area contributed by atoms with E-state index in [9.17, 15) is 9.59 Å². The second-order valence-corrected chi connectivity index (χ2v) is 7.08. The molecule has 1 atom stereocenters. The Balaban J connectivity index is 1.38. The molecule has 0 spiro atoms. The second kappa shape index (κ2) is 5.59. The van der Waals surface area contributed by atoms with Crippen molar-refractivity contribution in [1.82, 2.24) is 24.8 Å². The molecule has 4 rings (SSSR count). The SMILES string of the molecule is O=C(NCC1CC(=O)N(C2CC2)C1)c1cc2ncc(Br)cn2n1. The zero-order valence-corrected chi connectivity index (χ0v) is 14.0. The van der Waals surface area contributed by atoms with Crippen LogP contribution < -0.4 is 5.32 Å². The van der Waals surface area contributed by atoms with Gasteiger partial charge in [0.2, 0.25) is 5.91 Å². The van der Waals surface area contributed by atoms with Crippen molar-refractivity contribution in [3.8, 4) is 0 Å². The number of carbonyl (C=O) groups is 2. The van der Waals surface area contributed by atoms with Gasteiger partial charge in [0.25, 0.3) is 5.91 Å². The van der Waals surface area contributed by atoms with Crippen molar-refractivity contribution < 1.29 is 9.59 Å². The van der Waals surface area contributed by atoms with Crippen molar-refractivity contribution in [2.24, 2.45) is 5.92 Å². The molecule has 23 heavy (non-hydrogen) atoms. The summed E-state index contributed by atoms with van der Waals surface area (Å²) in [5, 5.41) is 7.11. The molecule has 0 aromatic carbocycles. The third-order valence-corrected chi connectivity index (χ3v) is 4.70. The molecule has 1 aliphatic carbocycles. The predicted octanol–water partition coefficient (Wildman–Crippen LogP) is 1.23. The Bertz CT molecular complexity index is 785. The fraction of sp³-hybridized carbons (Fsp3) is 0.467. The van der Waals surface area contributed by atoms with Gasteiger partial charge in [0.1, 0.15) is 0 Å². The van der Waals surface area contributed by atoms with Gasteiger partial charge in [0.05, 0.1) is 4.47 Å². The Kier molecular flexibility index (Phi) is 3.56. The Labute approximate surface area is 141 Å². The number of amides is 2. The minimum Gasteiger partial charge on any atom is -0.350 e. The molecule has 2 amide bonds. The van der Waals surface area contributed by atoms with Gasteiger partial charge in [-0.2, -0.15) is 5.10 Å². The predicted molar refractivity (Wildman–Crippen MR) is 85.9 cm³/mol. The summed E-state index contributed by atoms with van der Waals surface area (Å²) < 4.78 is 2.36. The number of nitrogens with one attached hydrogen (secondary N) is 1. The van der Waals surface area contributed by atoms with Crippen LogP contribution in [0.25, 0.3) is 5.65 Å². The van der Waals surface area contributed by atoms with E-state index in [0.717, 1.165) is 23.9 Å². The van der Waals surface area contributed by atoms with Crippen LogP contribution in [-0.4, -0.2) is 50.4 Å². The van der Waals surface area contributed by atoms with Gasteiger partial charge in [-0.1, -0.05) is 0 Å². The third kappa shape index (κ3) is 2.95. The van der Waals surface area contributed by atoms with Gasteiger partial charge in [0, 0.05) is 49.9 Å². The van der Waals surface area contributed by atoms with E-state index in [-0.39, 0.29) is 17.7 Å². The molecule has 3 heterocycles.